The third-order valence-corrected chi connectivity index (χ3v) is 2.17. The summed E-state index contributed by atoms with van der Waals surface area (Å²) in [5.41, 5.74) is -0.0889. The molecule has 90 valence electrons. The average molecular weight is 225 g/mol. The van der Waals surface area contributed by atoms with Gasteiger partial charge < -0.3 is 14.6 Å². The van der Waals surface area contributed by atoms with Gasteiger partial charge >= 0.3 is 0 Å². The lowest BCUT2D eigenvalue weighted by Gasteiger charge is -2.11. The number of ether oxygens (including phenoxy) is 1. The molecule has 0 aromatic carbocycles. The Balaban J connectivity index is 2.66. The Morgan fingerprint density at radius 1 is 1.56 bits per heavy atom. The van der Waals surface area contributed by atoms with Crippen LogP contribution in [0.3, 0.4) is 0 Å². The molecule has 0 amide bonds. The summed E-state index contributed by atoms with van der Waals surface area (Å²) in [5, 5.41) is 2.97. The highest BCUT2D eigenvalue weighted by Crippen LogP contribution is 2.00. The van der Waals surface area contributed by atoms with Gasteiger partial charge in [0.25, 0.3) is 5.56 Å². The molecular weight excluding hydrogens is 206 g/mol. The number of hydrogen-bond acceptors (Lipinski definition) is 4. The van der Waals surface area contributed by atoms with Gasteiger partial charge in [-0.1, -0.05) is 0 Å². The van der Waals surface area contributed by atoms with E-state index >= 15 is 0 Å². The van der Waals surface area contributed by atoms with Gasteiger partial charge in [-0.25, -0.2) is 4.98 Å². The van der Waals surface area contributed by atoms with Crippen LogP contribution in [-0.4, -0.2) is 29.3 Å². The third-order valence-electron chi connectivity index (χ3n) is 2.17. The molecule has 1 aromatic heterocycles. The fourth-order valence-corrected chi connectivity index (χ4v) is 1.34. The Bertz CT molecular complexity index is 374. The van der Waals surface area contributed by atoms with E-state index in [0.717, 1.165) is 0 Å². The van der Waals surface area contributed by atoms with E-state index in [2.05, 4.69) is 10.3 Å². The number of rotatable bonds is 6. The lowest BCUT2D eigenvalue weighted by atomic mass is 10.4. The summed E-state index contributed by atoms with van der Waals surface area (Å²) in [6.07, 6.45) is 3.32. The molecule has 0 atom stereocenters. The zero-order chi connectivity index (χ0) is 12.0. The minimum atomic E-state index is -0.0889. The van der Waals surface area contributed by atoms with Crippen molar-refractivity contribution in [1.82, 2.24) is 9.55 Å². The summed E-state index contributed by atoms with van der Waals surface area (Å²) < 4.78 is 6.82. The average Bonchev–Trinajstić information content (AvgIpc) is 2.26. The number of nitrogens with one attached hydrogen (secondary N) is 1. The zero-order valence-corrected chi connectivity index (χ0v) is 10.1. The third kappa shape index (κ3) is 3.34. The van der Waals surface area contributed by atoms with Gasteiger partial charge in [0.05, 0.1) is 6.61 Å². The zero-order valence-electron chi connectivity index (χ0n) is 10.1. The number of nitrogens with zero attached hydrogens (tertiary/aromatic N) is 2. The highest BCUT2D eigenvalue weighted by Gasteiger charge is 2.05. The van der Waals surface area contributed by atoms with Crippen LogP contribution in [0.25, 0.3) is 0 Å². The molecule has 0 fully saturated rings. The quantitative estimate of drug-likeness (QED) is 0.741. The predicted molar refractivity (Wildman–Crippen MR) is 63.9 cm³/mol. The van der Waals surface area contributed by atoms with Crippen LogP contribution in [0.15, 0.2) is 17.2 Å². The Hall–Kier alpha value is -1.36. The Morgan fingerprint density at radius 3 is 2.94 bits per heavy atom. The van der Waals surface area contributed by atoms with E-state index in [0.29, 0.717) is 25.6 Å². The molecule has 16 heavy (non-hydrogen) atoms. The normalized spacial score (nSPS) is 10.8. The van der Waals surface area contributed by atoms with E-state index in [-0.39, 0.29) is 11.6 Å². The van der Waals surface area contributed by atoms with Crippen LogP contribution in [0.5, 0.6) is 0 Å². The summed E-state index contributed by atoms with van der Waals surface area (Å²) in [7, 11) is 0. The molecule has 1 heterocycles. The lowest BCUT2D eigenvalue weighted by molar-refractivity contribution is 0.158. The van der Waals surface area contributed by atoms with Crippen LogP contribution in [-0.2, 0) is 4.74 Å². The molecule has 5 heteroatoms. The first-order valence-electron chi connectivity index (χ1n) is 5.55. The smallest absolute Gasteiger partial charge is 0.293 e. The lowest BCUT2D eigenvalue weighted by Crippen LogP contribution is -2.26. The molecule has 0 aliphatic heterocycles. The fraction of sp³-hybridized carbons (Fsp3) is 0.636. The van der Waals surface area contributed by atoms with Crippen molar-refractivity contribution in [3.05, 3.63) is 22.7 Å². The van der Waals surface area contributed by atoms with Crippen molar-refractivity contribution >= 4 is 5.82 Å². The number of hydrogen-bond donors (Lipinski definition) is 1. The van der Waals surface area contributed by atoms with Gasteiger partial charge in [0.1, 0.15) is 0 Å². The summed E-state index contributed by atoms with van der Waals surface area (Å²) in [4.78, 5) is 15.9. The van der Waals surface area contributed by atoms with Gasteiger partial charge in [-0.3, -0.25) is 4.79 Å². The molecule has 1 N–H and O–H groups in total. The topological polar surface area (TPSA) is 56.1 Å². The van der Waals surface area contributed by atoms with Crippen molar-refractivity contribution < 1.29 is 4.74 Å². The van der Waals surface area contributed by atoms with Crippen LogP contribution < -0.4 is 10.9 Å². The first kappa shape index (κ1) is 12.7. The van der Waals surface area contributed by atoms with Crippen LogP contribution in [0.2, 0.25) is 0 Å². The molecular formula is C11H19N3O2. The molecule has 1 aromatic rings. The Labute approximate surface area is 95.5 Å². The van der Waals surface area contributed by atoms with Crippen LogP contribution in [0.4, 0.5) is 5.82 Å². The minimum absolute atomic E-state index is 0.0889. The molecule has 5 nitrogen and oxygen atoms in total. The van der Waals surface area contributed by atoms with Gasteiger partial charge in [0.15, 0.2) is 5.82 Å². The summed E-state index contributed by atoms with van der Waals surface area (Å²) in [6.45, 7) is 7.72. The minimum Gasteiger partial charge on any atom is -0.380 e. The van der Waals surface area contributed by atoms with Crippen molar-refractivity contribution in [1.29, 1.82) is 0 Å². The molecule has 0 aliphatic rings. The second-order valence-electron chi connectivity index (χ2n) is 3.71. The van der Waals surface area contributed by atoms with Gasteiger partial charge in [0, 0.05) is 31.6 Å². The van der Waals surface area contributed by atoms with E-state index in [4.69, 9.17) is 4.74 Å². The molecule has 0 spiro atoms. The second kappa shape index (κ2) is 6.27. The first-order chi connectivity index (χ1) is 7.66. The van der Waals surface area contributed by atoms with E-state index in [9.17, 15) is 4.79 Å². The molecule has 0 radical (unpaired) electrons. The van der Waals surface area contributed by atoms with E-state index in [1.807, 2.05) is 20.8 Å². The maximum Gasteiger partial charge on any atom is 0.293 e. The molecule has 0 saturated carbocycles. The largest absolute Gasteiger partial charge is 0.380 e. The summed E-state index contributed by atoms with van der Waals surface area (Å²) in [5.74, 6) is 0.385. The van der Waals surface area contributed by atoms with Crippen LogP contribution in [0.1, 0.15) is 26.8 Å². The van der Waals surface area contributed by atoms with E-state index in [1.165, 1.54) is 0 Å². The van der Waals surface area contributed by atoms with Gasteiger partial charge in [-0.2, -0.15) is 0 Å². The summed E-state index contributed by atoms with van der Waals surface area (Å²) in [6, 6.07) is 0.142. The number of aromatic nitrogens is 2. The standard InChI is InChI=1S/C11H19N3O2/c1-4-16-8-6-13-10-11(15)14(9(2)3)7-5-12-10/h5,7,9H,4,6,8H2,1-3H3,(H,12,13). The molecule has 0 bridgehead atoms. The molecule has 0 unspecified atom stereocenters. The maximum atomic E-state index is 11.9. The van der Waals surface area contributed by atoms with Gasteiger partial charge in [0.2, 0.25) is 0 Å². The first-order valence-corrected chi connectivity index (χ1v) is 5.55. The Morgan fingerprint density at radius 2 is 2.31 bits per heavy atom. The van der Waals surface area contributed by atoms with Crippen molar-refractivity contribution in [2.75, 3.05) is 25.1 Å². The van der Waals surface area contributed by atoms with E-state index < -0.39 is 0 Å². The van der Waals surface area contributed by atoms with Gasteiger partial charge in [-0.15, -0.1) is 0 Å². The van der Waals surface area contributed by atoms with Crippen molar-refractivity contribution in [3.8, 4) is 0 Å². The van der Waals surface area contributed by atoms with Crippen LogP contribution in [0, 0.1) is 0 Å². The summed E-state index contributed by atoms with van der Waals surface area (Å²) >= 11 is 0. The second-order valence-corrected chi connectivity index (χ2v) is 3.71. The highest BCUT2D eigenvalue weighted by atomic mass is 16.5. The van der Waals surface area contributed by atoms with Crippen molar-refractivity contribution in [3.63, 3.8) is 0 Å². The van der Waals surface area contributed by atoms with Gasteiger partial charge in [-0.05, 0) is 20.8 Å². The fourth-order valence-electron chi connectivity index (χ4n) is 1.34. The maximum absolute atomic E-state index is 11.9. The predicted octanol–water partition coefficient (Wildman–Crippen LogP) is 1.27. The van der Waals surface area contributed by atoms with E-state index in [1.54, 1.807) is 17.0 Å². The SMILES string of the molecule is CCOCCNc1nccn(C(C)C)c1=O. The van der Waals surface area contributed by atoms with Crippen molar-refractivity contribution in [2.24, 2.45) is 0 Å². The highest BCUT2D eigenvalue weighted by molar-refractivity contribution is 5.30. The number of anilines is 1. The van der Waals surface area contributed by atoms with Crippen molar-refractivity contribution in [2.45, 2.75) is 26.8 Å². The molecule has 1 rings (SSSR count). The Kier molecular flexibility index (Phi) is 4.98. The monoisotopic (exact) mass is 225 g/mol. The molecule has 0 aliphatic carbocycles. The van der Waals surface area contributed by atoms with Crippen LogP contribution >= 0.6 is 0 Å². The molecule has 0 saturated heterocycles.